The van der Waals surface area contributed by atoms with Crippen molar-refractivity contribution in [3.05, 3.63) is 75.3 Å². The Kier molecular flexibility index (Phi) is 3.37. The van der Waals surface area contributed by atoms with Gasteiger partial charge in [-0.05, 0) is 60.6 Å². The Labute approximate surface area is 140 Å². The maximum absolute atomic E-state index is 3.86. The summed E-state index contributed by atoms with van der Waals surface area (Å²) >= 11 is 3.62. The van der Waals surface area contributed by atoms with Gasteiger partial charge in [-0.2, -0.15) is 0 Å². The molecule has 112 valence electrons. The van der Waals surface area contributed by atoms with Crippen LogP contribution in [0.2, 0.25) is 0 Å². The summed E-state index contributed by atoms with van der Waals surface area (Å²) in [4.78, 5) is 0. The molecule has 2 heteroatoms. The molecule has 4 rings (SSSR count). The van der Waals surface area contributed by atoms with Crippen LogP contribution in [0, 0.1) is 19.8 Å². The fraction of sp³-hybridized carbons (Fsp3) is 0.300. The molecule has 2 aromatic rings. The van der Waals surface area contributed by atoms with Crippen LogP contribution in [-0.2, 0) is 0 Å². The number of hydrogen-bond acceptors (Lipinski definition) is 1. The average Bonchev–Trinajstić information content (AvgIpc) is 3.00. The fourth-order valence-electron chi connectivity index (χ4n) is 3.95. The normalized spacial score (nSPS) is 25.5. The van der Waals surface area contributed by atoms with Crippen LogP contribution in [0.15, 0.2) is 53.0 Å². The van der Waals surface area contributed by atoms with Crippen LogP contribution in [0.5, 0.6) is 0 Å². The van der Waals surface area contributed by atoms with Gasteiger partial charge in [0.2, 0.25) is 0 Å². The maximum Gasteiger partial charge on any atom is 0.0554 e. The molecule has 1 aliphatic carbocycles. The number of fused-ring (bicyclic) bond motifs is 3. The Morgan fingerprint density at radius 3 is 2.82 bits per heavy atom. The predicted octanol–water partition coefficient (Wildman–Crippen LogP) is 5.89. The van der Waals surface area contributed by atoms with E-state index in [9.17, 15) is 0 Å². The molecule has 0 aromatic heterocycles. The second-order valence-electron chi connectivity index (χ2n) is 6.50. The van der Waals surface area contributed by atoms with E-state index < -0.39 is 0 Å². The zero-order valence-corrected chi connectivity index (χ0v) is 14.5. The van der Waals surface area contributed by atoms with Crippen LogP contribution in [0.1, 0.15) is 40.6 Å². The zero-order chi connectivity index (χ0) is 15.3. The summed E-state index contributed by atoms with van der Waals surface area (Å²) in [5.41, 5.74) is 6.93. The highest BCUT2D eigenvalue weighted by atomic mass is 79.9. The zero-order valence-electron chi connectivity index (χ0n) is 12.9. The van der Waals surface area contributed by atoms with Crippen LogP contribution < -0.4 is 5.32 Å². The molecular weight excluding hydrogens is 334 g/mol. The first-order chi connectivity index (χ1) is 10.6. The topological polar surface area (TPSA) is 12.0 Å². The van der Waals surface area contributed by atoms with E-state index in [0.29, 0.717) is 17.9 Å². The summed E-state index contributed by atoms with van der Waals surface area (Å²) < 4.78 is 1.15. The monoisotopic (exact) mass is 353 g/mol. The number of allylic oxidation sites excluding steroid dienone is 2. The third-order valence-corrected chi connectivity index (χ3v) is 5.77. The smallest absolute Gasteiger partial charge is 0.0554 e. The Balaban J connectivity index is 1.84. The molecular formula is C20H20BrN. The number of anilines is 1. The second-order valence-corrected chi connectivity index (χ2v) is 7.42. The summed E-state index contributed by atoms with van der Waals surface area (Å²) in [5.74, 6) is 1.16. The fourth-order valence-corrected chi connectivity index (χ4v) is 4.37. The quantitative estimate of drug-likeness (QED) is 0.630. The van der Waals surface area contributed by atoms with E-state index >= 15 is 0 Å². The highest BCUT2D eigenvalue weighted by Crippen LogP contribution is 2.51. The third kappa shape index (κ3) is 2.13. The first kappa shape index (κ1) is 14.1. The SMILES string of the molecule is Cc1ccc2c(c1C)N[C@H](c1cccc(Br)c1)[C@@H]1CC=C[C@@H]21. The summed E-state index contributed by atoms with van der Waals surface area (Å²) in [6, 6.07) is 13.7. The highest BCUT2D eigenvalue weighted by molar-refractivity contribution is 9.10. The van der Waals surface area contributed by atoms with Crippen molar-refractivity contribution >= 4 is 21.6 Å². The van der Waals surface area contributed by atoms with Crippen molar-refractivity contribution in [1.29, 1.82) is 0 Å². The Morgan fingerprint density at radius 2 is 2.00 bits per heavy atom. The lowest BCUT2D eigenvalue weighted by Gasteiger charge is -2.38. The molecule has 22 heavy (non-hydrogen) atoms. The summed E-state index contributed by atoms with van der Waals surface area (Å²) in [6.45, 7) is 4.43. The first-order valence-corrected chi connectivity index (χ1v) is 8.73. The van der Waals surface area contributed by atoms with E-state index in [4.69, 9.17) is 0 Å². The average molecular weight is 354 g/mol. The molecule has 0 radical (unpaired) electrons. The van der Waals surface area contributed by atoms with Gasteiger partial charge < -0.3 is 5.32 Å². The van der Waals surface area contributed by atoms with Crippen LogP contribution in [0.3, 0.4) is 0 Å². The first-order valence-electron chi connectivity index (χ1n) is 7.94. The van der Waals surface area contributed by atoms with Crippen LogP contribution >= 0.6 is 15.9 Å². The van der Waals surface area contributed by atoms with Gasteiger partial charge in [0, 0.05) is 16.1 Å². The van der Waals surface area contributed by atoms with Gasteiger partial charge in [0.15, 0.2) is 0 Å². The summed E-state index contributed by atoms with van der Waals surface area (Å²) in [6.07, 6.45) is 5.91. The van der Waals surface area contributed by atoms with Crippen LogP contribution in [0.4, 0.5) is 5.69 Å². The molecule has 1 aliphatic heterocycles. The van der Waals surface area contributed by atoms with E-state index in [0.717, 1.165) is 10.9 Å². The number of nitrogens with one attached hydrogen (secondary N) is 1. The van der Waals surface area contributed by atoms with Crippen LogP contribution in [-0.4, -0.2) is 0 Å². The van der Waals surface area contributed by atoms with E-state index in [1.165, 1.54) is 27.9 Å². The van der Waals surface area contributed by atoms with Gasteiger partial charge in [0.05, 0.1) is 6.04 Å². The molecule has 1 heterocycles. The molecule has 2 aliphatic rings. The third-order valence-electron chi connectivity index (χ3n) is 5.28. The summed E-state index contributed by atoms with van der Waals surface area (Å²) in [7, 11) is 0. The number of rotatable bonds is 1. The number of halogens is 1. The molecule has 0 bridgehead atoms. The van der Waals surface area contributed by atoms with Crippen molar-refractivity contribution in [2.45, 2.75) is 32.2 Å². The number of benzene rings is 2. The van der Waals surface area contributed by atoms with Gasteiger partial charge in [-0.25, -0.2) is 0 Å². The molecule has 0 saturated heterocycles. The minimum absolute atomic E-state index is 0.380. The molecule has 0 saturated carbocycles. The van der Waals surface area contributed by atoms with Gasteiger partial charge in [0.1, 0.15) is 0 Å². The summed E-state index contributed by atoms with van der Waals surface area (Å²) in [5, 5.41) is 3.86. The van der Waals surface area contributed by atoms with E-state index in [2.05, 4.69) is 83.6 Å². The molecule has 0 unspecified atom stereocenters. The van der Waals surface area contributed by atoms with E-state index in [1.54, 1.807) is 0 Å². The Hall–Kier alpha value is -1.54. The lowest BCUT2D eigenvalue weighted by atomic mass is 9.76. The van der Waals surface area contributed by atoms with Gasteiger partial charge in [-0.15, -0.1) is 0 Å². The second kappa shape index (κ2) is 5.27. The van der Waals surface area contributed by atoms with Crippen molar-refractivity contribution in [2.24, 2.45) is 5.92 Å². The number of aryl methyl sites for hydroxylation is 1. The van der Waals surface area contributed by atoms with Gasteiger partial charge in [-0.3, -0.25) is 0 Å². The minimum Gasteiger partial charge on any atom is -0.377 e. The standard InChI is InChI=1S/C20H20BrN/c1-12-9-10-18-16-7-4-8-17(16)20(22-19(18)13(12)2)14-5-3-6-15(21)11-14/h3-7,9-11,16-17,20,22H,8H2,1-2H3/t16-,17-,20-/m1/s1. The largest absolute Gasteiger partial charge is 0.377 e. The van der Waals surface area contributed by atoms with E-state index in [1.807, 2.05) is 0 Å². The Morgan fingerprint density at radius 1 is 1.14 bits per heavy atom. The van der Waals surface area contributed by atoms with E-state index in [-0.39, 0.29) is 0 Å². The maximum atomic E-state index is 3.86. The molecule has 0 spiro atoms. The predicted molar refractivity (Wildman–Crippen MR) is 96.4 cm³/mol. The minimum atomic E-state index is 0.380. The van der Waals surface area contributed by atoms with Crippen molar-refractivity contribution in [3.8, 4) is 0 Å². The lowest BCUT2D eigenvalue weighted by molar-refractivity contribution is 0.425. The molecule has 1 nitrogen and oxygen atoms in total. The van der Waals surface area contributed by atoms with Crippen molar-refractivity contribution in [1.82, 2.24) is 0 Å². The van der Waals surface area contributed by atoms with Gasteiger partial charge >= 0.3 is 0 Å². The van der Waals surface area contributed by atoms with Crippen molar-refractivity contribution < 1.29 is 0 Å². The van der Waals surface area contributed by atoms with Crippen molar-refractivity contribution in [2.75, 3.05) is 5.32 Å². The van der Waals surface area contributed by atoms with Crippen molar-refractivity contribution in [3.63, 3.8) is 0 Å². The molecule has 1 N–H and O–H groups in total. The van der Waals surface area contributed by atoms with Gasteiger partial charge in [0.25, 0.3) is 0 Å². The molecule has 2 aromatic carbocycles. The lowest BCUT2D eigenvalue weighted by Crippen LogP contribution is -2.29. The number of hydrogen-bond donors (Lipinski definition) is 1. The highest BCUT2D eigenvalue weighted by Gasteiger charge is 2.38. The molecule has 0 amide bonds. The Bertz CT molecular complexity index is 762. The van der Waals surface area contributed by atoms with Crippen LogP contribution in [0.25, 0.3) is 0 Å². The molecule has 3 atom stereocenters. The molecule has 0 fully saturated rings. The van der Waals surface area contributed by atoms with Gasteiger partial charge in [-0.1, -0.05) is 52.3 Å².